The highest BCUT2D eigenvalue weighted by atomic mass is 16.6. The highest BCUT2D eigenvalue weighted by Crippen LogP contribution is 2.35. The normalized spacial score (nSPS) is 12.2. The Labute approximate surface area is 126 Å². The number of para-hydroxylation sites is 1. The second-order valence-corrected chi connectivity index (χ2v) is 5.40. The van der Waals surface area contributed by atoms with Crippen molar-refractivity contribution in [3.05, 3.63) is 28.3 Å². The van der Waals surface area contributed by atoms with Crippen LogP contribution in [0.4, 0.5) is 11.4 Å². The summed E-state index contributed by atoms with van der Waals surface area (Å²) in [6.07, 6.45) is 1.72. The Morgan fingerprint density at radius 1 is 1.43 bits per heavy atom. The number of nitrogens with one attached hydrogen (secondary N) is 1. The van der Waals surface area contributed by atoms with Crippen LogP contribution in [0.3, 0.4) is 0 Å². The van der Waals surface area contributed by atoms with Crippen LogP contribution in [-0.4, -0.2) is 43.1 Å². The topological polar surface area (TPSA) is 67.6 Å². The monoisotopic (exact) mass is 295 g/mol. The molecule has 1 aromatic carbocycles. The summed E-state index contributed by atoms with van der Waals surface area (Å²) in [5, 5.41) is 14.5. The molecule has 1 aromatic rings. The molecule has 21 heavy (non-hydrogen) atoms. The van der Waals surface area contributed by atoms with Crippen LogP contribution >= 0.6 is 0 Å². The summed E-state index contributed by atoms with van der Waals surface area (Å²) >= 11 is 0. The SMILES string of the molecule is CCCOc1cccc(NC(C)CCN(C)C)c1[N+](=O)[O-]. The molecule has 1 N–H and O–H groups in total. The van der Waals surface area contributed by atoms with Crippen molar-refractivity contribution in [3.63, 3.8) is 0 Å². The van der Waals surface area contributed by atoms with Crippen molar-refractivity contribution < 1.29 is 9.66 Å². The maximum atomic E-state index is 11.3. The first-order valence-electron chi connectivity index (χ1n) is 7.27. The predicted octanol–water partition coefficient (Wildman–Crippen LogP) is 3.14. The van der Waals surface area contributed by atoms with Gasteiger partial charge in [-0.15, -0.1) is 0 Å². The molecule has 0 amide bonds. The van der Waals surface area contributed by atoms with Gasteiger partial charge in [0.1, 0.15) is 5.69 Å². The molecule has 0 heterocycles. The summed E-state index contributed by atoms with van der Waals surface area (Å²) in [6, 6.07) is 5.29. The summed E-state index contributed by atoms with van der Waals surface area (Å²) in [5.41, 5.74) is 0.530. The van der Waals surface area contributed by atoms with Gasteiger partial charge >= 0.3 is 5.69 Å². The van der Waals surface area contributed by atoms with E-state index in [0.29, 0.717) is 18.0 Å². The second-order valence-electron chi connectivity index (χ2n) is 5.40. The Morgan fingerprint density at radius 3 is 2.71 bits per heavy atom. The van der Waals surface area contributed by atoms with E-state index < -0.39 is 0 Å². The van der Waals surface area contributed by atoms with Gasteiger partial charge in [-0.05, 0) is 52.5 Å². The van der Waals surface area contributed by atoms with E-state index in [1.807, 2.05) is 27.9 Å². The van der Waals surface area contributed by atoms with Gasteiger partial charge in [0.05, 0.1) is 11.5 Å². The lowest BCUT2D eigenvalue weighted by Crippen LogP contribution is -2.23. The zero-order valence-corrected chi connectivity index (χ0v) is 13.3. The minimum absolute atomic E-state index is 0.0163. The zero-order valence-electron chi connectivity index (χ0n) is 13.3. The van der Waals surface area contributed by atoms with Crippen LogP contribution < -0.4 is 10.1 Å². The van der Waals surface area contributed by atoms with E-state index in [1.54, 1.807) is 18.2 Å². The molecular formula is C15H25N3O3. The Balaban J connectivity index is 2.87. The van der Waals surface area contributed by atoms with Crippen LogP contribution in [0.1, 0.15) is 26.7 Å². The number of hydrogen-bond acceptors (Lipinski definition) is 5. The van der Waals surface area contributed by atoms with Crippen molar-refractivity contribution in [2.75, 3.05) is 32.6 Å². The molecule has 1 rings (SSSR count). The van der Waals surface area contributed by atoms with Crippen LogP contribution in [0.5, 0.6) is 5.75 Å². The number of ether oxygens (including phenoxy) is 1. The van der Waals surface area contributed by atoms with Gasteiger partial charge in [0.15, 0.2) is 5.75 Å². The highest BCUT2D eigenvalue weighted by molar-refractivity contribution is 5.68. The van der Waals surface area contributed by atoms with Gasteiger partial charge in [0.2, 0.25) is 0 Å². The number of nitrogens with zero attached hydrogens (tertiary/aromatic N) is 2. The molecule has 0 aliphatic heterocycles. The third-order valence-electron chi connectivity index (χ3n) is 3.05. The lowest BCUT2D eigenvalue weighted by Gasteiger charge is -2.18. The van der Waals surface area contributed by atoms with Crippen LogP contribution in [-0.2, 0) is 0 Å². The highest BCUT2D eigenvalue weighted by Gasteiger charge is 2.21. The Bertz CT molecular complexity index is 463. The van der Waals surface area contributed by atoms with E-state index in [1.165, 1.54) is 0 Å². The van der Waals surface area contributed by atoms with E-state index >= 15 is 0 Å². The first-order valence-corrected chi connectivity index (χ1v) is 7.27. The number of benzene rings is 1. The Kier molecular flexibility index (Phi) is 6.94. The molecule has 0 aliphatic rings. The molecular weight excluding hydrogens is 270 g/mol. The maximum Gasteiger partial charge on any atom is 0.333 e. The zero-order chi connectivity index (χ0) is 15.8. The fourth-order valence-electron chi connectivity index (χ4n) is 1.95. The molecule has 1 atom stereocenters. The predicted molar refractivity (Wildman–Crippen MR) is 85.1 cm³/mol. The minimum atomic E-state index is -0.383. The van der Waals surface area contributed by atoms with Gasteiger partial charge in [-0.3, -0.25) is 10.1 Å². The summed E-state index contributed by atoms with van der Waals surface area (Å²) in [4.78, 5) is 13.0. The van der Waals surface area contributed by atoms with E-state index in [2.05, 4.69) is 10.2 Å². The number of rotatable bonds is 9. The second kappa shape index (κ2) is 8.46. The van der Waals surface area contributed by atoms with E-state index in [9.17, 15) is 10.1 Å². The van der Waals surface area contributed by atoms with E-state index in [4.69, 9.17) is 4.74 Å². The average Bonchev–Trinajstić information content (AvgIpc) is 2.42. The van der Waals surface area contributed by atoms with Gasteiger partial charge in [-0.2, -0.15) is 0 Å². The van der Waals surface area contributed by atoms with Gasteiger partial charge < -0.3 is 15.0 Å². The molecule has 0 saturated heterocycles. The van der Waals surface area contributed by atoms with Crippen LogP contribution in [0.2, 0.25) is 0 Å². The third-order valence-corrected chi connectivity index (χ3v) is 3.05. The van der Waals surface area contributed by atoms with Gasteiger partial charge in [-0.1, -0.05) is 13.0 Å². The fraction of sp³-hybridized carbons (Fsp3) is 0.600. The summed E-state index contributed by atoms with van der Waals surface area (Å²) in [6.45, 7) is 5.39. The standard InChI is InChI=1S/C15H25N3O3/c1-5-11-21-14-8-6-7-13(15(14)18(19)20)16-12(2)9-10-17(3)4/h6-8,12,16H,5,9-11H2,1-4H3. The number of hydrogen-bond donors (Lipinski definition) is 1. The minimum Gasteiger partial charge on any atom is -0.487 e. The van der Waals surface area contributed by atoms with Gasteiger partial charge in [0, 0.05) is 6.04 Å². The van der Waals surface area contributed by atoms with Crippen molar-refractivity contribution >= 4 is 11.4 Å². The van der Waals surface area contributed by atoms with Crippen molar-refractivity contribution in [2.24, 2.45) is 0 Å². The molecule has 0 aromatic heterocycles. The Morgan fingerprint density at radius 2 is 2.14 bits per heavy atom. The largest absolute Gasteiger partial charge is 0.487 e. The number of nitro benzene ring substituents is 1. The van der Waals surface area contributed by atoms with Crippen molar-refractivity contribution in [3.8, 4) is 5.75 Å². The molecule has 0 radical (unpaired) electrons. The molecule has 0 fully saturated rings. The molecule has 0 bridgehead atoms. The van der Waals surface area contributed by atoms with Gasteiger partial charge in [-0.25, -0.2) is 0 Å². The molecule has 6 nitrogen and oxygen atoms in total. The summed E-state index contributed by atoms with van der Waals surface area (Å²) in [7, 11) is 4.02. The van der Waals surface area contributed by atoms with Crippen LogP contribution in [0.15, 0.2) is 18.2 Å². The lowest BCUT2D eigenvalue weighted by molar-refractivity contribution is -0.385. The Hall–Kier alpha value is -1.82. The van der Waals surface area contributed by atoms with Crippen molar-refractivity contribution in [1.82, 2.24) is 4.90 Å². The smallest absolute Gasteiger partial charge is 0.333 e. The average molecular weight is 295 g/mol. The molecule has 118 valence electrons. The van der Waals surface area contributed by atoms with E-state index in [-0.39, 0.29) is 16.7 Å². The maximum absolute atomic E-state index is 11.3. The summed E-state index contributed by atoms with van der Waals surface area (Å²) in [5.74, 6) is 0.326. The quantitative estimate of drug-likeness (QED) is 0.560. The third kappa shape index (κ3) is 5.59. The van der Waals surface area contributed by atoms with Crippen LogP contribution in [0.25, 0.3) is 0 Å². The lowest BCUT2D eigenvalue weighted by atomic mass is 10.2. The molecule has 6 heteroatoms. The first-order chi connectivity index (χ1) is 9.95. The van der Waals surface area contributed by atoms with Crippen molar-refractivity contribution in [1.29, 1.82) is 0 Å². The first kappa shape index (κ1) is 17.2. The molecule has 0 saturated carbocycles. The molecule has 1 unspecified atom stereocenters. The molecule has 0 aliphatic carbocycles. The van der Waals surface area contributed by atoms with E-state index in [0.717, 1.165) is 19.4 Å². The summed E-state index contributed by atoms with van der Waals surface area (Å²) < 4.78 is 5.48. The number of nitro groups is 1. The van der Waals surface area contributed by atoms with Crippen molar-refractivity contribution in [2.45, 2.75) is 32.7 Å². The van der Waals surface area contributed by atoms with Gasteiger partial charge in [0.25, 0.3) is 0 Å². The number of anilines is 1. The molecule has 0 spiro atoms. The fourth-order valence-corrected chi connectivity index (χ4v) is 1.95. The van der Waals surface area contributed by atoms with Crippen LogP contribution in [0, 0.1) is 10.1 Å².